The van der Waals surface area contributed by atoms with Crippen molar-refractivity contribution >= 4 is 21.6 Å². The Labute approximate surface area is 186 Å². The fourth-order valence-electron chi connectivity index (χ4n) is 3.16. The molecule has 158 valence electrons. The van der Waals surface area contributed by atoms with Gasteiger partial charge in [0.1, 0.15) is 36.3 Å². The van der Waals surface area contributed by atoms with E-state index in [4.69, 9.17) is 14.6 Å². The van der Waals surface area contributed by atoms with Crippen molar-refractivity contribution in [1.82, 2.24) is 19.6 Å². The minimum atomic E-state index is -0.477. The second-order valence-electron chi connectivity index (χ2n) is 6.60. The van der Waals surface area contributed by atoms with Crippen LogP contribution in [0.25, 0.3) is 22.5 Å². The molecule has 0 aliphatic heterocycles. The van der Waals surface area contributed by atoms with Crippen molar-refractivity contribution in [3.63, 3.8) is 0 Å². The maximum Gasteiger partial charge on any atom is 0.307 e. The van der Waals surface area contributed by atoms with Crippen molar-refractivity contribution in [2.45, 2.75) is 6.67 Å². The predicted molar refractivity (Wildman–Crippen MR) is 118 cm³/mol. The van der Waals surface area contributed by atoms with Gasteiger partial charge in [-0.15, -0.1) is 0 Å². The summed E-state index contributed by atoms with van der Waals surface area (Å²) >= 11 is 3.70. The van der Waals surface area contributed by atoms with Crippen LogP contribution in [-0.4, -0.2) is 38.7 Å². The van der Waals surface area contributed by atoms with Gasteiger partial charge in [-0.25, -0.2) is 9.36 Å². The van der Waals surface area contributed by atoms with E-state index >= 15 is 0 Å². The monoisotopic (exact) mass is 483 g/mol. The van der Waals surface area contributed by atoms with E-state index in [1.165, 1.54) is 17.1 Å². The summed E-state index contributed by atoms with van der Waals surface area (Å²) in [6.45, 7) is 0.198. The van der Waals surface area contributed by atoms with E-state index in [1.54, 1.807) is 18.9 Å². The Kier molecular flexibility index (Phi) is 5.72. The van der Waals surface area contributed by atoms with Crippen molar-refractivity contribution in [1.29, 1.82) is 0 Å². The van der Waals surface area contributed by atoms with Crippen LogP contribution in [0.3, 0.4) is 0 Å². The summed E-state index contributed by atoms with van der Waals surface area (Å²) in [5.41, 5.74) is 3.27. The van der Waals surface area contributed by atoms with E-state index in [2.05, 4.69) is 21.0 Å². The number of benzene rings is 2. The average Bonchev–Trinajstić information content (AvgIpc) is 3.39. The van der Waals surface area contributed by atoms with Crippen molar-refractivity contribution in [3.8, 4) is 34.0 Å². The molecule has 0 saturated carbocycles. The molecule has 4 rings (SSSR count). The molecule has 0 amide bonds. The Morgan fingerprint density at radius 3 is 2.10 bits per heavy atom. The number of hydrogen-bond acceptors (Lipinski definition) is 6. The van der Waals surface area contributed by atoms with E-state index in [9.17, 15) is 10.1 Å². The van der Waals surface area contributed by atoms with E-state index < -0.39 is 4.92 Å². The highest BCUT2D eigenvalue weighted by atomic mass is 79.9. The van der Waals surface area contributed by atoms with Crippen LogP contribution in [0.1, 0.15) is 0 Å². The van der Waals surface area contributed by atoms with Crippen molar-refractivity contribution in [2.75, 3.05) is 14.2 Å². The summed E-state index contributed by atoms with van der Waals surface area (Å²) in [5, 5.41) is 19.9. The molecular weight excluding hydrogens is 466 g/mol. The first-order valence-corrected chi connectivity index (χ1v) is 10.0. The molecule has 10 heteroatoms. The Morgan fingerprint density at radius 1 is 1.00 bits per heavy atom. The Balaban J connectivity index is 1.80. The fraction of sp³-hybridized carbons (Fsp3) is 0.143. The van der Waals surface area contributed by atoms with Crippen molar-refractivity contribution < 1.29 is 14.4 Å². The molecule has 0 bridgehead atoms. The van der Waals surface area contributed by atoms with Gasteiger partial charge in [0.2, 0.25) is 0 Å². The Hall–Kier alpha value is -3.66. The number of aromatic nitrogens is 4. The van der Waals surface area contributed by atoms with E-state index in [0.29, 0.717) is 0 Å². The SMILES string of the molecule is COc1ccc(-c2nn(Cn3cc([N+](=O)[O-])cn3)c(-c3ccc(OC)cc3)c2Br)cc1. The fourth-order valence-corrected chi connectivity index (χ4v) is 3.90. The van der Waals surface area contributed by atoms with Crippen LogP contribution < -0.4 is 9.47 Å². The summed E-state index contributed by atoms with van der Waals surface area (Å²) in [4.78, 5) is 10.5. The van der Waals surface area contributed by atoms with Gasteiger partial charge in [-0.1, -0.05) is 0 Å². The quantitative estimate of drug-likeness (QED) is 0.281. The normalized spacial score (nSPS) is 10.8. The predicted octanol–water partition coefficient (Wildman–Crippen LogP) is 4.61. The van der Waals surface area contributed by atoms with Gasteiger partial charge >= 0.3 is 5.69 Å². The standard InChI is InChI=1S/C21H18BrN5O4/c1-30-17-7-3-14(4-8-17)20-19(22)21(15-5-9-18(31-2)10-6-15)26(24-20)13-25-12-16(11-23-25)27(28)29/h3-12H,13H2,1-2H3. The van der Waals surface area contributed by atoms with Crippen LogP contribution in [0, 0.1) is 10.1 Å². The Morgan fingerprint density at radius 2 is 1.58 bits per heavy atom. The third-order valence-corrected chi connectivity index (χ3v) is 5.48. The first-order chi connectivity index (χ1) is 15.0. The molecule has 0 aliphatic rings. The molecule has 0 aliphatic carbocycles. The lowest BCUT2D eigenvalue weighted by molar-refractivity contribution is -0.385. The largest absolute Gasteiger partial charge is 0.497 e. The second-order valence-corrected chi connectivity index (χ2v) is 7.40. The van der Waals surface area contributed by atoms with E-state index in [1.807, 2.05) is 48.5 Å². The molecule has 0 saturated heterocycles. The lowest BCUT2D eigenvalue weighted by Crippen LogP contribution is -2.11. The zero-order valence-electron chi connectivity index (χ0n) is 16.7. The lowest BCUT2D eigenvalue weighted by atomic mass is 10.1. The van der Waals surface area contributed by atoms with Gasteiger partial charge in [-0.3, -0.25) is 10.1 Å². The number of hydrogen-bond donors (Lipinski definition) is 0. The Bertz CT molecular complexity index is 1220. The minimum Gasteiger partial charge on any atom is -0.497 e. The lowest BCUT2D eigenvalue weighted by Gasteiger charge is -2.09. The first kappa shape index (κ1) is 20.6. The van der Waals surface area contributed by atoms with Crippen LogP contribution in [0.2, 0.25) is 0 Å². The molecular formula is C21H18BrN5O4. The third-order valence-electron chi connectivity index (χ3n) is 4.73. The van der Waals surface area contributed by atoms with Crippen molar-refractivity contribution in [2.24, 2.45) is 0 Å². The summed E-state index contributed by atoms with van der Waals surface area (Å²) in [7, 11) is 3.23. The number of ether oxygens (including phenoxy) is 2. The second kappa shape index (κ2) is 8.60. The highest BCUT2D eigenvalue weighted by Crippen LogP contribution is 2.37. The van der Waals surface area contributed by atoms with Crippen LogP contribution in [0.5, 0.6) is 11.5 Å². The minimum absolute atomic E-state index is 0.0763. The molecule has 2 heterocycles. The highest BCUT2D eigenvalue weighted by molar-refractivity contribution is 9.10. The maximum absolute atomic E-state index is 11.0. The molecule has 0 N–H and O–H groups in total. The van der Waals surface area contributed by atoms with Crippen LogP contribution in [-0.2, 0) is 6.67 Å². The van der Waals surface area contributed by atoms with Crippen LogP contribution in [0.15, 0.2) is 65.4 Å². The van der Waals surface area contributed by atoms with Crippen molar-refractivity contribution in [3.05, 3.63) is 75.5 Å². The van der Waals surface area contributed by atoms with E-state index in [-0.39, 0.29) is 12.4 Å². The number of methoxy groups -OCH3 is 2. The first-order valence-electron chi connectivity index (χ1n) is 9.22. The van der Waals surface area contributed by atoms with Crippen LogP contribution >= 0.6 is 15.9 Å². The smallest absolute Gasteiger partial charge is 0.307 e. The van der Waals surface area contributed by atoms with Gasteiger partial charge in [-0.2, -0.15) is 10.2 Å². The van der Waals surface area contributed by atoms with Gasteiger partial charge in [0, 0.05) is 11.1 Å². The highest BCUT2D eigenvalue weighted by Gasteiger charge is 2.20. The molecule has 9 nitrogen and oxygen atoms in total. The zero-order chi connectivity index (χ0) is 22.0. The summed E-state index contributed by atoms with van der Waals surface area (Å²) in [5.74, 6) is 1.49. The topological polar surface area (TPSA) is 97.2 Å². The van der Waals surface area contributed by atoms with Gasteiger partial charge in [0.25, 0.3) is 0 Å². The number of nitrogens with zero attached hydrogens (tertiary/aromatic N) is 5. The molecule has 2 aromatic carbocycles. The van der Waals surface area contributed by atoms with Gasteiger partial charge in [-0.05, 0) is 64.5 Å². The number of nitro groups is 1. The summed E-state index contributed by atoms with van der Waals surface area (Å²) in [6, 6.07) is 15.2. The summed E-state index contributed by atoms with van der Waals surface area (Å²) < 4.78 is 14.5. The maximum atomic E-state index is 11.0. The van der Waals surface area contributed by atoms with E-state index in [0.717, 1.165) is 38.5 Å². The summed E-state index contributed by atoms with van der Waals surface area (Å²) in [6.07, 6.45) is 2.59. The zero-order valence-corrected chi connectivity index (χ0v) is 18.3. The molecule has 0 radical (unpaired) electrons. The average molecular weight is 484 g/mol. The van der Waals surface area contributed by atoms with Gasteiger partial charge < -0.3 is 9.47 Å². The molecule has 2 aromatic heterocycles. The molecule has 0 spiro atoms. The molecule has 31 heavy (non-hydrogen) atoms. The number of halogens is 1. The van der Waals surface area contributed by atoms with Crippen LogP contribution in [0.4, 0.5) is 5.69 Å². The molecule has 4 aromatic rings. The molecule has 0 unspecified atom stereocenters. The molecule has 0 atom stereocenters. The van der Waals surface area contributed by atoms with Gasteiger partial charge in [0.15, 0.2) is 0 Å². The molecule has 0 fully saturated rings. The van der Waals surface area contributed by atoms with Gasteiger partial charge in [0.05, 0.1) is 29.3 Å². The third kappa shape index (κ3) is 4.15. The number of rotatable bonds is 7.